The molecule has 42 heavy (non-hydrogen) atoms. The van der Waals surface area contributed by atoms with Crippen LogP contribution in [0.25, 0.3) is 17.2 Å². The van der Waals surface area contributed by atoms with Gasteiger partial charge in [0.2, 0.25) is 5.91 Å². The van der Waals surface area contributed by atoms with Gasteiger partial charge >= 0.3 is 6.16 Å². The Morgan fingerprint density at radius 2 is 1.88 bits per heavy atom. The number of carbonyl (C=O) groups is 3. The molecule has 2 aromatic carbocycles. The highest BCUT2D eigenvalue weighted by molar-refractivity contribution is 6.07. The van der Waals surface area contributed by atoms with Crippen molar-refractivity contribution in [1.29, 1.82) is 0 Å². The van der Waals surface area contributed by atoms with Crippen LogP contribution < -0.4 is 4.74 Å². The molecule has 2 atom stereocenters. The fourth-order valence-corrected chi connectivity index (χ4v) is 6.10. The SMILES string of the molecule is CCCCc1nc2c(n1Cc1ccc(-c3ccccc3OC(=O)O)cc1)CC(=NC(=O)C1CCCCC1CC=O)C=C2. The molecule has 3 aromatic rings. The maximum atomic E-state index is 13.2. The topological polar surface area (TPSA) is 111 Å². The summed E-state index contributed by atoms with van der Waals surface area (Å²) >= 11 is 0. The van der Waals surface area contributed by atoms with E-state index in [1.54, 1.807) is 12.1 Å². The summed E-state index contributed by atoms with van der Waals surface area (Å²) in [5.74, 6) is 1.11. The highest BCUT2D eigenvalue weighted by Gasteiger charge is 2.31. The van der Waals surface area contributed by atoms with Crippen molar-refractivity contribution in [1.82, 2.24) is 9.55 Å². The summed E-state index contributed by atoms with van der Waals surface area (Å²) in [5.41, 5.74) is 5.35. The van der Waals surface area contributed by atoms with Gasteiger partial charge in [0.1, 0.15) is 17.9 Å². The van der Waals surface area contributed by atoms with Crippen LogP contribution in [0.2, 0.25) is 0 Å². The Morgan fingerprint density at radius 1 is 1.10 bits per heavy atom. The number of aliphatic imine (C=N–C) groups is 1. The molecule has 1 saturated carbocycles. The molecule has 0 spiro atoms. The Balaban J connectivity index is 1.39. The smallest absolute Gasteiger partial charge is 0.449 e. The van der Waals surface area contributed by atoms with Gasteiger partial charge in [-0.15, -0.1) is 0 Å². The molecule has 1 aromatic heterocycles. The average Bonchev–Trinajstić information content (AvgIpc) is 3.33. The van der Waals surface area contributed by atoms with Gasteiger partial charge in [0.25, 0.3) is 0 Å². The summed E-state index contributed by atoms with van der Waals surface area (Å²) in [7, 11) is 0. The van der Waals surface area contributed by atoms with Crippen molar-refractivity contribution in [2.24, 2.45) is 16.8 Å². The molecule has 0 radical (unpaired) electrons. The predicted molar refractivity (Wildman–Crippen MR) is 162 cm³/mol. The second-order valence-corrected chi connectivity index (χ2v) is 11.1. The number of unbranched alkanes of at least 4 members (excludes halogenated alkanes) is 1. The number of amides is 1. The third kappa shape index (κ3) is 6.75. The zero-order chi connectivity index (χ0) is 29.5. The number of allylic oxidation sites excluding steroid dienone is 1. The first-order valence-electron chi connectivity index (χ1n) is 14.9. The van der Waals surface area contributed by atoms with Crippen LogP contribution in [0.3, 0.4) is 0 Å². The van der Waals surface area contributed by atoms with Crippen molar-refractivity contribution >= 4 is 30.1 Å². The second kappa shape index (κ2) is 13.6. The Hall–Kier alpha value is -4.33. The molecule has 2 unspecified atom stereocenters. The van der Waals surface area contributed by atoms with Gasteiger partial charge < -0.3 is 19.2 Å². The Morgan fingerprint density at radius 3 is 2.64 bits per heavy atom. The summed E-state index contributed by atoms with van der Waals surface area (Å²) < 4.78 is 7.22. The zero-order valence-corrected chi connectivity index (χ0v) is 24.0. The van der Waals surface area contributed by atoms with Gasteiger partial charge in [-0.25, -0.2) is 14.8 Å². The standard InChI is InChI=1S/C34H37N3O5/c1-2-3-12-32-36-29-18-17-26(35-33(39)28-10-5-4-8-24(28)19-20-38)21-30(29)37(32)22-23-13-15-25(16-14-23)27-9-6-7-11-31(27)42-34(40)41/h6-7,9,11,13-18,20,24,28H,2-5,8,10,12,19,21-22H2,1H3,(H,40,41). The third-order valence-corrected chi connectivity index (χ3v) is 8.29. The number of rotatable bonds is 10. The maximum absolute atomic E-state index is 13.2. The minimum atomic E-state index is -1.35. The lowest BCUT2D eigenvalue weighted by atomic mass is 9.77. The number of hydrogen-bond donors (Lipinski definition) is 1. The molecule has 0 aliphatic heterocycles. The summed E-state index contributed by atoms with van der Waals surface area (Å²) in [6, 6.07) is 15.1. The molecule has 8 heteroatoms. The third-order valence-electron chi connectivity index (χ3n) is 8.29. The highest BCUT2D eigenvalue weighted by atomic mass is 16.7. The van der Waals surface area contributed by atoms with E-state index in [-0.39, 0.29) is 17.7 Å². The number of aryl methyl sites for hydroxylation is 1. The fraction of sp³-hybridized carbons (Fsp3) is 0.382. The van der Waals surface area contributed by atoms with Gasteiger partial charge in [-0.1, -0.05) is 68.7 Å². The number of carboxylic acid groups (broad SMARTS) is 1. The van der Waals surface area contributed by atoms with Crippen molar-refractivity contribution in [2.75, 3.05) is 0 Å². The Bertz CT molecular complexity index is 1500. The number of aromatic nitrogens is 2. The number of ether oxygens (including phenoxy) is 1. The van der Waals surface area contributed by atoms with E-state index in [9.17, 15) is 14.4 Å². The normalized spacial score (nSPS) is 18.9. The van der Waals surface area contributed by atoms with Crippen molar-refractivity contribution in [3.05, 3.63) is 77.4 Å². The van der Waals surface area contributed by atoms with Gasteiger partial charge in [-0.05, 0) is 54.5 Å². The molecule has 1 fully saturated rings. The predicted octanol–water partition coefficient (Wildman–Crippen LogP) is 6.93. The van der Waals surface area contributed by atoms with Crippen LogP contribution in [0.1, 0.15) is 74.6 Å². The largest absolute Gasteiger partial charge is 0.511 e. The van der Waals surface area contributed by atoms with E-state index >= 15 is 0 Å². The van der Waals surface area contributed by atoms with Crippen molar-refractivity contribution in [2.45, 2.75) is 71.3 Å². The first-order valence-corrected chi connectivity index (χ1v) is 14.9. The van der Waals surface area contributed by atoms with Crippen LogP contribution in [0, 0.1) is 11.8 Å². The van der Waals surface area contributed by atoms with Gasteiger partial charge in [0.05, 0.1) is 17.1 Å². The minimum Gasteiger partial charge on any atom is -0.449 e. The molecular formula is C34H37N3O5. The molecule has 0 bridgehead atoms. The first kappa shape index (κ1) is 29.2. The number of fused-ring (bicyclic) bond motifs is 1. The second-order valence-electron chi connectivity index (χ2n) is 11.1. The molecule has 1 amide bonds. The van der Waals surface area contributed by atoms with Crippen LogP contribution in [-0.2, 0) is 29.0 Å². The summed E-state index contributed by atoms with van der Waals surface area (Å²) in [6.07, 6.45) is 11.1. The van der Waals surface area contributed by atoms with E-state index in [4.69, 9.17) is 14.8 Å². The number of para-hydroxylation sites is 1. The van der Waals surface area contributed by atoms with Gasteiger partial charge in [0.15, 0.2) is 0 Å². The molecule has 0 saturated heterocycles. The van der Waals surface area contributed by atoms with Gasteiger partial charge in [-0.3, -0.25) is 4.79 Å². The van der Waals surface area contributed by atoms with Crippen LogP contribution in [0.15, 0.2) is 59.6 Å². The van der Waals surface area contributed by atoms with Crippen LogP contribution >= 0.6 is 0 Å². The molecule has 2 aliphatic rings. The lowest BCUT2D eigenvalue weighted by Gasteiger charge is -2.27. The van der Waals surface area contributed by atoms with E-state index in [1.807, 2.05) is 48.6 Å². The number of carbonyl (C=O) groups excluding carboxylic acids is 2. The maximum Gasteiger partial charge on any atom is 0.511 e. The minimum absolute atomic E-state index is 0.0908. The number of imidazole rings is 1. The van der Waals surface area contributed by atoms with Gasteiger partial charge in [-0.2, -0.15) is 0 Å². The van der Waals surface area contributed by atoms with E-state index < -0.39 is 6.16 Å². The van der Waals surface area contributed by atoms with Crippen LogP contribution in [0.4, 0.5) is 4.79 Å². The Kier molecular flexibility index (Phi) is 9.41. The van der Waals surface area contributed by atoms with Crippen molar-refractivity contribution < 1.29 is 24.2 Å². The fourth-order valence-electron chi connectivity index (χ4n) is 6.10. The summed E-state index contributed by atoms with van der Waals surface area (Å²) in [5, 5.41) is 9.10. The molecule has 2 aliphatic carbocycles. The molecule has 5 rings (SSSR count). The van der Waals surface area contributed by atoms with E-state index in [1.165, 1.54) is 0 Å². The monoisotopic (exact) mass is 567 g/mol. The molecule has 1 heterocycles. The lowest BCUT2D eigenvalue weighted by molar-refractivity contribution is -0.124. The number of hydrogen-bond acceptors (Lipinski definition) is 5. The van der Waals surface area contributed by atoms with E-state index in [0.29, 0.717) is 30.7 Å². The van der Waals surface area contributed by atoms with Gasteiger partial charge in [0, 0.05) is 37.3 Å². The molecule has 1 N–H and O–H groups in total. The molecule has 8 nitrogen and oxygen atoms in total. The number of nitrogens with zero attached hydrogens (tertiary/aromatic N) is 3. The van der Waals surface area contributed by atoms with E-state index in [0.717, 1.165) is 85.3 Å². The molecular weight excluding hydrogens is 530 g/mol. The van der Waals surface area contributed by atoms with Crippen molar-refractivity contribution in [3.63, 3.8) is 0 Å². The lowest BCUT2D eigenvalue weighted by Crippen LogP contribution is -2.27. The van der Waals surface area contributed by atoms with Crippen molar-refractivity contribution in [3.8, 4) is 16.9 Å². The number of aldehydes is 1. The summed E-state index contributed by atoms with van der Waals surface area (Å²) in [6.45, 7) is 2.78. The van der Waals surface area contributed by atoms with Crippen LogP contribution in [-0.4, -0.2) is 38.7 Å². The van der Waals surface area contributed by atoms with E-state index in [2.05, 4.69) is 16.5 Å². The first-order chi connectivity index (χ1) is 20.5. The van der Waals surface area contributed by atoms with Crippen LogP contribution in [0.5, 0.6) is 5.75 Å². The number of benzene rings is 2. The molecule has 218 valence electrons. The Labute approximate surface area is 246 Å². The average molecular weight is 568 g/mol. The summed E-state index contributed by atoms with van der Waals surface area (Å²) in [4.78, 5) is 45.1. The zero-order valence-electron chi connectivity index (χ0n) is 24.0. The quantitative estimate of drug-likeness (QED) is 0.162. The highest BCUT2D eigenvalue weighted by Crippen LogP contribution is 2.34.